The number of hydrogen-bond donors (Lipinski definition) is 1. The SMILES string of the molecule is C=C(C)CC(Cc1cc(CCCc2ccc3c(n2)NCCC3)n(C)n1)c1cc(C(C)(C)C)ccc1C. The molecule has 1 atom stereocenters. The highest BCUT2D eigenvalue weighted by Gasteiger charge is 2.21. The largest absolute Gasteiger partial charge is 0.370 e. The fourth-order valence-electron chi connectivity index (χ4n) is 5.38. The van der Waals surface area contributed by atoms with Gasteiger partial charge in [0.2, 0.25) is 0 Å². The average Bonchev–Trinajstić information content (AvgIpc) is 3.16. The Hall–Kier alpha value is -2.88. The van der Waals surface area contributed by atoms with Gasteiger partial charge in [0.25, 0.3) is 0 Å². The molecule has 0 spiro atoms. The van der Waals surface area contributed by atoms with Gasteiger partial charge in [-0.1, -0.05) is 50.6 Å². The van der Waals surface area contributed by atoms with Crippen molar-refractivity contribution in [1.82, 2.24) is 14.8 Å². The van der Waals surface area contributed by atoms with E-state index in [1.165, 1.54) is 51.3 Å². The molecule has 36 heavy (non-hydrogen) atoms. The minimum Gasteiger partial charge on any atom is -0.370 e. The normalized spacial score (nSPS) is 14.3. The fourth-order valence-corrected chi connectivity index (χ4v) is 5.38. The Balaban J connectivity index is 1.45. The van der Waals surface area contributed by atoms with E-state index in [0.29, 0.717) is 5.92 Å². The van der Waals surface area contributed by atoms with Crippen molar-refractivity contribution in [1.29, 1.82) is 0 Å². The van der Waals surface area contributed by atoms with Crippen LogP contribution >= 0.6 is 0 Å². The predicted octanol–water partition coefficient (Wildman–Crippen LogP) is 7.25. The zero-order valence-corrected chi connectivity index (χ0v) is 23.2. The highest BCUT2D eigenvalue weighted by Crippen LogP contribution is 2.33. The monoisotopic (exact) mass is 484 g/mol. The summed E-state index contributed by atoms with van der Waals surface area (Å²) in [4.78, 5) is 4.86. The van der Waals surface area contributed by atoms with Crippen molar-refractivity contribution < 1.29 is 0 Å². The second-order valence-electron chi connectivity index (χ2n) is 11.8. The lowest BCUT2D eigenvalue weighted by atomic mass is 9.80. The van der Waals surface area contributed by atoms with E-state index < -0.39 is 0 Å². The molecule has 3 aromatic rings. The number of allylic oxidation sites excluding steroid dienone is 1. The smallest absolute Gasteiger partial charge is 0.129 e. The summed E-state index contributed by atoms with van der Waals surface area (Å²) in [6.45, 7) is 16.5. The number of aromatic nitrogens is 3. The molecule has 0 radical (unpaired) electrons. The van der Waals surface area contributed by atoms with Gasteiger partial charge in [-0.25, -0.2) is 4.98 Å². The van der Waals surface area contributed by atoms with E-state index in [1.54, 1.807) is 0 Å². The number of hydrogen-bond acceptors (Lipinski definition) is 3. The molecule has 4 rings (SSSR count). The Kier molecular flexibility index (Phi) is 8.02. The summed E-state index contributed by atoms with van der Waals surface area (Å²) in [5.41, 5.74) is 10.6. The van der Waals surface area contributed by atoms with Crippen LogP contribution in [0.15, 0.2) is 48.6 Å². The van der Waals surface area contributed by atoms with Gasteiger partial charge in [0.05, 0.1) is 5.69 Å². The maximum absolute atomic E-state index is 4.93. The third-order valence-electron chi connectivity index (χ3n) is 7.48. The Labute approximate surface area is 218 Å². The topological polar surface area (TPSA) is 42.7 Å². The van der Waals surface area contributed by atoms with Crippen LogP contribution in [0.25, 0.3) is 0 Å². The molecular formula is C32H44N4. The maximum Gasteiger partial charge on any atom is 0.129 e. The molecule has 1 N–H and O–H groups in total. The number of fused-ring (bicyclic) bond motifs is 1. The van der Waals surface area contributed by atoms with E-state index in [2.05, 4.69) is 94.6 Å². The number of benzene rings is 1. The van der Waals surface area contributed by atoms with Crippen molar-refractivity contribution in [3.63, 3.8) is 0 Å². The molecule has 0 fully saturated rings. The van der Waals surface area contributed by atoms with Crippen LogP contribution in [-0.4, -0.2) is 21.3 Å². The molecule has 192 valence electrons. The zero-order chi connectivity index (χ0) is 25.9. The molecular weight excluding hydrogens is 440 g/mol. The quantitative estimate of drug-likeness (QED) is 0.325. The van der Waals surface area contributed by atoms with Crippen molar-refractivity contribution >= 4 is 5.82 Å². The molecule has 1 aromatic carbocycles. The van der Waals surface area contributed by atoms with Crippen LogP contribution in [0.1, 0.15) is 92.2 Å². The predicted molar refractivity (Wildman–Crippen MR) is 152 cm³/mol. The molecule has 1 aliphatic heterocycles. The Morgan fingerprint density at radius 3 is 2.67 bits per heavy atom. The summed E-state index contributed by atoms with van der Waals surface area (Å²) in [5, 5.41) is 8.38. The number of pyridine rings is 1. The highest BCUT2D eigenvalue weighted by atomic mass is 15.3. The van der Waals surface area contributed by atoms with E-state index in [9.17, 15) is 0 Å². The molecule has 1 aliphatic rings. The molecule has 0 bridgehead atoms. The summed E-state index contributed by atoms with van der Waals surface area (Å²) < 4.78 is 2.08. The third-order valence-corrected chi connectivity index (χ3v) is 7.48. The number of aryl methyl sites for hydroxylation is 5. The average molecular weight is 485 g/mol. The Morgan fingerprint density at radius 1 is 1.11 bits per heavy atom. The van der Waals surface area contributed by atoms with Crippen LogP contribution in [0.3, 0.4) is 0 Å². The second kappa shape index (κ2) is 11.0. The maximum atomic E-state index is 4.93. The Bertz CT molecular complexity index is 1210. The van der Waals surface area contributed by atoms with Gasteiger partial charge in [-0.05, 0) is 105 Å². The van der Waals surface area contributed by atoms with Crippen molar-refractivity contribution in [3.8, 4) is 0 Å². The first-order valence-corrected chi connectivity index (χ1v) is 13.6. The minimum absolute atomic E-state index is 0.136. The van der Waals surface area contributed by atoms with Crippen LogP contribution < -0.4 is 5.32 Å². The lowest BCUT2D eigenvalue weighted by molar-refractivity contribution is 0.584. The molecule has 1 unspecified atom stereocenters. The summed E-state index contributed by atoms with van der Waals surface area (Å²) in [7, 11) is 2.08. The summed E-state index contributed by atoms with van der Waals surface area (Å²) in [6, 6.07) is 13.8. The molecule has 0 aliphatic carbocycles. The molecule has 0 saturated carbocycles. The van der Waals surface area contributed by atoms with Crippen LogP contribution in [0.4, 0.5) is 5.82 Å². The molecule has 0 saturated heterocycles. The third kappa shape index (κ3) is 6.46. The van der Waals surface area contributed by atoms with Crippen molar-refractivity contribution in [3.05, 3.63) is 87.9 Å². The van der Waals surface area contributed by atoms with E-state index in [4.69, 9.17) is 10.1 Å². The van der Waals surface area contributed by atoms with Gasteiger partial charge < -0.3 is 5.32 Å². The highest BCUT2D eigenvalue weighted by molar-refractivity contribution is 5.47. The fraction of sp³-hybridized carbons (Fsp3) is 0.500. The minimum atomic E-state index is 0.136. The van der Waals surface area contributed by atoms with Crippen LogP contribution in [0.2, 0.25) is 0 Å². The first-order chi connectivity index (χ1) is 17.1. The number of anilines is 1. The van der Waals surface area contributed by atoms with E-state index in [1.807, 2.05) is 0 Å². The van der Waals surface area contributed by atoms with Gasteiger partial charge in [0, 0.05) is 25.0 Å². The van der Waals surface area contributed by atoms with Crippen LogP contribution in [0, 0.1) is 6.92 Å². The van der Waals surface area contributed by atoms with Crippen LogP contribution in [-0.2, 0) is 38.1 Å². The van der Waals surface area contributed by atoms with Gasteiger partial charge in [-0.2, -0.15) is 5.10 Å². The lowest BCUT2D eigenvalue weighted by Gasteiger charge is -2.24. The van der Waals surface area contributed by atoms with Gasteiger partial charge in [0.1, 0.15) is 5.82 Å². The molecule has 0 amide bonds. The second-order valence-corrected chi connectivity index (χ2v) is 11.8. The van der Waals surface area contributed by atoms with E-state index >= 15 is 0 Å². The summed E-state index contributed by atoms with van der Waals surface area (Å²) in [6.07, 6.45) is 7.34. The number of nitrogens with one attached hydrogen (secondary N) is 1. The Morgan fingerprint density at radius 2 is 1.92 bits per heavy atom. The molecule has 3 heterocycles. The molecule has 4 heteroatoms. The van der Waals surface area contributed by atoms with Gasteiger partial charge in [-0.3, -0.25) is 4.68 Å². The molecule has 4 nitrogen and oxygen atoms in total. The first-order valence-electron chi connectivity index (χ1n) is 13.6. The van der Waals surface area contributed by atoms with Gasteiger partial charge in [0.15, 0.2) is 0 Å². The summed E-state index contributed by atoms with van der Waals surface area (Å²) >= 11 is 0. The number of nitrogens with zero attached hydrogens (tertiary/aromatic N) is 3. The zero-order valence-electron chi connectivity index (χ0n) is 23.2. The van der Waals surface area contributed by atoms with Crippen molar-refractivity contribution in [2.75, 3.05) is 11.9 Å². The van der Waals surface area contributed by atoms with Crippen LogP contribution in [0.5, 0.6) is 0 Å². The van der Waals surface area contributed by atoms with Crippen molar-refractivity contribution in [2.24, 2.45) is 7.05 Å². The van der Waals surface area contributed by atoms with E-state index in [0.717, 1.165) is 50.9 Å². The summed E-state index contributed by atoms with van der Waals surface area (Å²) in [5.74, 6) is 1.48. The van der Waals surface area contributed by atoms with Gasteiger partial charge >= 0.3 is 0 Å². The van der Waals surface area contributed by atoms with Gasteiger partial charge in [-0.15, -0.1) is 6.58 Å². The molecule has 2 aromatic heterocycles. The van der Waals surface area contributed by atoms with Crippen molar-refractivity contribution in [2.45, 2.75) is 90.9 Å². The standard InChI is InChI=1S/C32H44N4/c1-22(2)18-25(30-20-26(32(4,5)6)15-13-23(30)3)19-28-21-29(36(7)35-28)12-8-11-27-16-14-24-10-9-17-33-31(24)34-27/h13-16,20-21,25H,1,8-12,17-19H2,2-7H3,(H,33,34). The van der Waals surface area contributed by atoms with E-state index in [-0.39, 0.29) is 5.41 Å². The first kappa shape index (κ1) is 26.2. The number of rotatable bonds is 9. The lowest BCUT2D eigenvalue weighted by Crippen LogP contribution is -2.14.